The van der Waals surface area contributed by atoms with Crippen LogP contribution in [0.25, 0.3) is 0 Å². The summed E-state index contributed by atoms with van der Waals surface area (Å²) in [7, 11) is -1.43. The first kappa shape index (κ1) is 23.9. The quantitative estimate of drug-likeness (QED) is 0.446. The minimum Gasteiger partial charge on any atom is -0.289 e. The summed E-state index contributed by atoms with van der Waals surface area (Å²) in [6.45, 7) is 16.7. The lowest BCUT2D eigenvalue weighted by Crippen LogP contribution is -2.19. The maximum Gasteiger partial charge on any atom is 0.192 e. The molecule has 166 valence electrons. The first-order chi connectivity index (χ1) is 14.4. The minimum absolute atomic E-state index is 0.0270. The third kappa shape index (κ3) is 4.85. The van der Waals surface area contributed by atoms with Crippen LogP contribution in [0.4, 0.5) is 0 Å². The maximum absolute atomic E-state index is 14.0. The van der Waals surface area contributed by atoms with Crippen LogP contribution in [0, 0.1) is 34.6 Å². The highest BCUT2D eigenvalue weighted by molar-refractivity contribution is 7.90. The topological polar surface area (TPSA) is 34.1 Å². The van der Waals surface area contributed by atoms with Crippen molar-refractivity contribution in [1.82, 2.24) is 0 Å². The van der Waals surface area contributed by atoms with Gasteiger partial charge in [-0.1, -0.05) is 63.4 Å². The second-order valence-electron chi connectivity index (χ2n) is 10.4. The summed E-state index contributed by atoms with van der Waals surface area (Å²) in [4.78, 5) is 28.0. The van der Waals surface area contributed by atoms with E-state index < -0.39 is 7.92 Å². The van der Waals surface area contributed by atoms with Crippen LogP contribution in [0.2, 0.25) is 0 Å². The smallest absolute Gasteiger partial charge is 0.192 e. The highest BCUT2D eigenvalue weighted by Crippen LogP contribution is 2.54. The van der Waals surface area contributed by atoms with Gasteiger partial charge in [0.05, 0.1) is 0 Å². The van der Waals surface area contributed by atoms with E-state index in [0.29, 0.717) is 0 Å². The molecule has 3 rings (SSSR count). The Bertz CT molecular complexity index is 974. The molecule has 0 amide bonds. The van der Waals surface area contributed by atoms with Gasteiger partial charge in [-0.25, -0.2) is 0 Å². The van der Waals surface area contributed by atoms with Crippen molar-refractivity contribution in [3.63, 3.8) is 0 Å². The van der Waals surface area contributed by atoms with E-state index in [4.69, 9.17) is 0 Å². The summed E-state index contributed by atoms with van der Waals surface area (Å²) in [6, 6.07) is 8.44. The van der Waals surface area contributed by atoms with Crippen molar-refractivity contribution < 1.29 is 9.59 Å². The number of aryl methyl sites for hydroxylation is 5. The largest absolute Gasteiger partial charge is 0.289 e. The van der Waals surface area contributed by atoms with E-state index >= 15 is 0 Å². The predicted octanol–water partition coefficient (Wildman–Crippen LogP) is 7.93. The summed E-state index contributed by atoms with van der Waals surface area (Å²) in [5.41, 5.74) is 8.36. The summed E-state index contributed by atoms with van der Waals surface area (Å²) in [5.74, 6) is 0. The molecule has 1 aliphatic carbocycles. The molecule has 0 saturated heterocycles. The molecule has 0 aromatic heterocycles. The van der Waals surface area contributed by atoms with E-state index in [-0.39, 0.29) is 22.1 Å². The average Bonchev–Trinajstić information content (AvgIpc) is 3.13. The van der Waals surface area contributed by atoms with Gasteiger partial charge in [0.15, 0.2) is 11.0 Å². The molecule has 1 fully saturated rings. The number of rotatable bonds is 5. The normalized spacial score (nSPS) is 15.9. The van der Waals surface area contributed by atoms with E-state index in [9.17, 15) is 9.59 Å². The molecule has 0 aliphatic heterocycles. The van der Waals surface area contributed by atoms with Crippen molar-refractivity contribution in [2.45, 2.75) is 92.1 Å². The van der Waals surface area contributed by atoms with Crippen LogP contribution in [0.3, 0.4) is 0 Å². The SMILES string of the molecule is Cc1cc(C)c(C(=O)P(C(=O)c2c(C)cc(C(C)(C)C)cc2C)C2CCCC2)c(C)c1. The lowest BCUT2D eigenvalue weighted by molar-refractivity contribution is 0.104. The van der Waals surface area contributed by atoms with E-state index in [1.165, 1.54) is 5.56 Å². The van der Waals surface area contributed by atoms with Gasteiger partial charge < -0.3 is 0 Å². The second-order valence-corrected chi connectivity index (χ2v) is 12.7. The fourth-order valence-corrected chi connectivity index (χ4v) is 7.99. The average molecular weight is 437 g/mol. The van der Waals surface area contributed by atoms with Gasteiger partial charge in [0.25, 0.3) is 0 Å². The van der Waals surface area contributed by atoms with Crippen LogP contribution < -0.4 is 0 Å². The fraction of sp³-hybridized carbons (Fsp3) is 0.500. The van der Waals surface area contributed by atoms with Crippen LogP contribution in [0.5, 0.6) is 0 Å². The molecular weight excluding hydrogens is 399 g/mol. The van der Waals surface area contributed by atoms with Gasteiger partial charge >= 0.3 is 0 Å². The Kier molecular flexibility index (Phi) is 6.92. The van der Waals surface area contributed by atoms with Crippen molar-refractivity contribution in [3.8, 4) is 0 Å². The molecule has 1 atom stereocenters. The van der Waals surface area contributed by atoms with Crippen molar-refractivity contribution in [2.24, 2.45) is 0 Å². The zero-order valence-corrected chi connectivity index (χ0v) is 21.4. The number of carbonyl (C=O) groups is 2. The molecule has 0 N–H and O–H groups in total. The van der Waals surface area contributed by atoms with Gasteiger partial charge in [-0.3, -0.25) is 9.59 Å². The van der Waals surface area contributed by atoms with Crippen LogP contribution in [0.1, 0.15) is 101 Å². The van der Waals surface area contributed by atoms with Crippen LogP contribution in [-0.4, -0.2) is 16.7 Å². The number of carbonyl (C=O) groups excluding carboxylic acids is 2. The van der Waals surface area contributed by atoms with Gasteiger partial charge in [0, 0.05) is 19.0 Å². The Morgan fingerprint density at radius 1 is 0.742 bits per heavy atom. The Morgan fingerprint density at radius 3 is 1.52 bits per heavy atom. The summed E-state index contributed by atoms with van der Waals surface area (Å²) < 4.78 is 0. The zero-order valence-electron chi connectivity index (χ0n) is 20.5. The zero-order chi connectivity index (χ0) is 23.1. The Labute approximate surface area is 189 Å². The fourth-order valence-electron chi connectivity index (χ4n) is 5.08. The predicted molar refractivity (Wildman–Crippen MR) is 133 cm³/mol. The molecule has 0 spiro atoms. The molecule has 0 bridgehead atoms. The molecule has 1 saturated carbocycles. The van der Waals surface area contributed by atoms with Gasteiger partial charge in [-0.15, -0.1) is 0 Å². The van der Waals surface area contributed by atoms with E-state index in [1.807, 2.05) is 27.7 Å². The van der Waals surface area contributed by atoms with Gasteiger partial charge in [-0.2, -0.15) is 0 Å². The summed E-state index contributed by atoms with van der Waals surface area (Å²) in [5, 5.41) is 0. The maximum atomic E-state index is 14.0. The first-order valence-corrected chi connectivity index (χ1v) is 12.9. The van der Waals surface area contributed by atoms with Crippen LogP contribution >= 0.6 is 7.92 Å². The monoisotopic (exact) mass is 436 g/mol. The third-order valence-corrected chi connectivity index (χ3v) is 9.20. The van der Waals surface area contributed by atoms with E-state index in [0.717, 1.165) is 64.6 Å². The molecule has 0 heterocycles. The highest BCUT2D eigenvalue weighted by Gasteiger charge is 2.39. The standard InChI is InChI=1S/C28H37O2P/c1-17-13-18(2)24(19(3)14-17)26(29)31(23-11-9-10-12-23)27(30)25-20(4)15-22(16-21(25)5)28(6,7)8/h13-16,23H,9-12H2,1-8H3. The van der Waals surface area contributed by atoms with Gasteiger partial charge in [0.2, 0.25) is 0 Å². The number of hydrogen-bond donors (Lipinski definition) is 0. The van der Waals surface area contributed by atoms with Gasteiger partial charge in [0.1, 0.15) is 0 Å². The summed E-state index contributed by atoms with van der Waals surface area (Å²) in [6.07, 6.45) is 4.23. The van der Waals surface area contributed by atoms with Crippen LogP contribution in [-0.2, 0) is 5.41 Å². The summed E-state index contributed by atoms with van der Waals surface area (Å²) >= 11 is 0. The number of benzene rings is 2. The molecule has 2 aromatic carbocycles. The minimum atomic E-state index is -1.43. The third-order valence-electron chi connectivity index (χ3n) is 6.63. The molecule has 31 heavy (non-hydrogen) atoms. The molecule has 2 nitrogen and oxygen atoms in total. The lowest BCUT2D eigenvalue weighted by atomic mass is 9.84. The Morgan fingerprint density at radius 2 is 1.13 bits per heavy atom. The number of hydrogen-bond acceptors (Lipinski definition) is 2. The van der Waals surface area contributed by atoms with Gasteiger partial charge in [-0.05, 0) is 86.4 Å². The Hall–Kier alpha value is -1.79. The second kappa shape index (κ2) is 8.99. The molecule has 3 heteroatoms. The van der Waals surface area contributed by atoms with Crippen molar-refractivity contribution in [1.29, 1.82) is 0 Å². The molecule has 1 unspecified atom stereocenters. The lowest BCUT2D eigenvalue weighted by Gasteiger charge is -2.26. The Balaban J connectivity index is 2.11. The highest BCUT2D eigenvalue weighted by atomic mass is 31.1. The van der Waals surface area contributed by atoms with Crippen molar-refractivity contribution >= 4 is 19.0 Å². The molecule has 0 radical (unpaired) electrons. The van der Waals surface area contributed by atoms with E-state index in [2.05, 4.69) is 52.0 Å². The molecule has 2 aromatic rings. The van der Waals surface area contributed by atoms with Crippen LogP contribution in [0.15, 0.2) is 24.3 Å². The molecule has 1 aliphatic rings. The van der Waals surface area contributed by atoms with Crippen molar-refractivity contribution in [3.05, 3.63) is 68.8 Å². The molecular formula is C28H37O2P. The first-order valence-electron chi connectivity index (χ1n) is 11.5. The van der Waals surface area contributed by atoms with E-state index in [1.54, 1.807) is 0 Å². The van der Waals surface area contributed by atoms with Crippen molar-refractivity contribution in [2.75, 3.05) is 0 Å².